The van der Waals surface area contributed by atoms with Crippen molar-refractivity contribution in [3.8, 4) is 0 Å². The lowest BCUT2D eigenvalue weighted by Gasteiger charge is -2.14. The number of sulfonamides is 1. The van der Waals surface area contributed by atoms with E-state index in [1.807, 2.05) is 0 Å². The largest absolute Gasteiger partial charge is 0.218 e. The van der Waals surface area contributed by atoms with Gasteiger partial charge in [-0.2, -0.15) is 0 Å². The summed E-state index contributed by atoms with van der Waals surface area (Å²) in [6, 6.07) is 0. The summed E-state index contributed by atoms with van der Waals surface area (Å²) in [5.74, 6) is 0.935. The van der Waals surface area contributed by atoms with Gasteiger partial charge in [0, 0.05) is 0 Å². The zero-order valence-corrected chi connectivity index (χ0v) is 8.10. The normalized spacial score (nSPS) is 24.8. The van der Waals surface area contributed by atoms with Crippen molar-refractivity contribution < 1.29 is 8.42 Å². The fourth-order valence-corrected chi connectivity index (χ4v) is 3.71. The first-order chi connectivity index (χ1) is 5.65. The molecule has 0 amide bonds. The van der Waals surface area contributed by atoms with Crippen molar-refractivity contribution in [2.75, 3.05) is 7.05 Å². The van der Waals surface area contributed by atoms with Crippen LogP contribution in [0.15, 0.2) is 0 Å². The molecule has 1 N–H and O–H groups in total. The highest BCUT2D eigenvalue weighted by atomic mass is 32.2. The van der Waals surface area contributed by atoms with E-state index in [4.69, 9.17) is 0 Å². The minimum Gasteiger partial charge on any atom is -0.218 e. The Labute approximate surface area is 73.6 Å². The van der Waals surface area contributed by atoms with Crippen molar-refractivity contribution in [1.82, 2.24) is 4.72 Å². The molecule has 12 heavy (non-hydrogen) atoms. The summed E-state index contributed by atoms with van der Waals surface area (Å²) >= 11 is 0. The van der Waals surface area contributed by atoms with Crippen molar-refractivity contribution >= 4 is 10.0 Å². The van der Waals surface area contributed by atoms with E-state index in [0.29, 0.717) is 11.8 Å². The van der Waals surface area contributed by atoms with Gasteiger partial charge >= 0.3 is 0 Å². The first kappa shape index (κ1) is 8.51. The van der Waals surface area contributed by atoms with Crippen molar-refractivity contribution in [2.45, 2.75) is 30.9 Å². The molecule has 3 nitrogen and oxygen atoms in total. The van der Waals surface area contributed by atoms with E-state index in [-0.39, 0.29) is 5.25 Å². The van der Waals surface area contributed by atoms with Crippen LogP contribution in [0, 0.1) is 11.8 Å². The lowest BCUT2D eigenvalue weighted by molar-refractivity contribution is 0.540. The molecule has 0 heterocycles. The average molecular weight is 189 g/mol. The summed E-state index contributed by atoms with van der Waals surface area (Å²) in [6.45, 7) is 0. The van der Waals surface area contributed by atoms with Crippen molar-refractivity contribution in [1.29, 1.82) is 0 Å². The smallest absolute Gasteiger partial charge is 0.214 e. The lowest BCUT2D eigenvalue weighted by Crippen LogP contribution is -2.34. The van der Waals surface area contributed by atoms with Gasteiger partial charge < -0.3 is 0 Å². The topological polar surface area (TPSA) is 46.2 Å². The number of hydrogen-bond acceptors (Lipinski definition) is 2. The molecule has 2 aliphatic carbocycles. The third-order valence-corrected chi connectivity index (χ3v) is 4.87. The molecule has 2 fully saturated rings. The standard InChI is InChI=1S/C8H15NO2S/c1-9-12(10,11)8(6-2-3-6)7-4-5-7/h6-9H,2-5H2,1H3. The van der Waals surface area contributed by atoms with Gasteiger partial charge in [-0.25, -0.2) is 13.1 Å². The second-order valence-corrected chi connectivity index (χ2v) is 5.93. The molecule has 0 aliphatic heterocycles. The second kappa shape index (κ2) is 2.70. The molecular formula is C8H15NO2S. The zero-order chi connectivity index (χ0) is 8.77. The van der Waals surface area contributed by atoms with Crippen molar-refractivity contribution in [3.05, 3.63) is 0 Å². The highest BCUT2D eigenvalue weighted by Crippen LogP contribution is 2.47. The van der Waals surface area contributed by atoms with Crippen LogP contribution in [0.2, 0.25) is 0 Å². The summed E-state index contributed by atoms with van der Waals surface area (Å²) in [7, 11) is -1.46. The molecule has 0 aromatic heterocycles. The second-order valence-electron chi connectivity index (χ2n) is 3.89. The molecule has 4 heteroatoms. The highest BCUT2D eigenvalue weighted by Gasteiger charge is 2.48. The molecule has 0 radical (unpaired) electrons. The van der Waals surface area contributed by atoms with E-state index in [1.54, 1.807) is 0 Å². The number of rotatable bonds is 4. The molecule has 70 valence electrons. The first-order valence-corrected chi connectivity index (χ1v) is 6.12. The van der Waals surface area contributed by atoms with Crippen LogP contribution in [0.3, 0.4) is 0 Å². The lowest BCUT2D eigenvalue weighted by atomic mass is 10.2. The summed E-state index contributed by atoms with van der Waals surface area (Å²) in [5.41, 5.74) is 0. The van der Waals surface area contributed by atoms with Crippen LogP contribution in [0.4, 0.5) is 0 Å². The summed E-state index contributed by atoms with van der Waals surface area (Å²) in [5, 5.41) is -0.0671. The van der Waals surface area contributed by atoms with Crippen LogP contribution >= 0.6 is 0 Å². The minimum atomic E-state index is -2.98. The fourth-order valence-electron chi connectivity index (χ4n) is 1.88. The third kappa shape index (κ3) is 1.50. The van der Waals surface area contributed by atoms with Gasteiger partial charge in [0.15, 0.2) is 0 Å². The van der Waals surface area contributed by atoms with Gasteiger partial charge in [0.2, 0.25) is 10.0 Å². The molecule has 2 saturated carbocycles. The molecule has 0 aromatic carbocycles. The van der Waals surface area contributed by atoms with Gasteiger partial charge in [0.25, 0.3) is 0 Å². The van der Waals surface area contributed by atoms with Crippen LogP contribution in [-0.2, 0) is 10.0 Å². The summed E-state index contributed by atoms with van der Waals surface area (Å²) < 4.78 is 25.6. The molecule has 0 saturated heterocycles. The monoisotopic (exact) mass is 189 g/mol. The number of hydrogen-bond donors (Lipinski definition) is 1. The van der Waals surface area contributed by atoms with Gasteiger partial charge in [0.05, 0.1) is 5.25 Å². The highest BCUT2D eigenvalue weighted by molar-refractivity contribution is 7.90. The van der Waals surface area contributed by atoms with Gasteiger partial charge in [-0.3, -0.25) is 0 Å². The molecule has 0 bridgehead atoms. The van der Waals surface area contributed by atoms with Gasteiger partial charge in [-0.15, -0.1) is 0 Å². The Morgan fingerprint density at radius 1 is 1.17 bits per heavy atom. The Morgan fingerprint density at radius 2 is 1.58 bits per heavy atom. The Balaban J connectivity index is 2.14. The maximum absolute atomic E-state index is 11.6. The maximum Gasteiger partial charge on any atom is 0.214 e. The molecule has 0 spiro atoms. The van der Waals surface area contributed by atoms with Crippen LogP contribution in [0.1, 0.15) is 25.7 Å². The minimum absolute atomic E-state index is 0.0671. The first-order valence-electron chi connectivity index (χ1n) is 4.57. The van der Waals surface area contributed by atoms with Crippen molar-refractivity contribution in [2.24, 2.45) is 11.8 Å². The molecule has 0 unspecified atom stereocenters. The Bertz CT molecular complexity index is 253. The van der Waals surface area contributed by atoms with E-state index >= 15 is 0 Å². The van der Waals surface area contributed by atoms with Gasteiger partial charge in [-0.1, -0.05) is 0 Å². The Hall–Kier alpha value is -0.0900. The Kier molecular flexibility index (Phi) is 1.92. The van der Waals surface area contributed by atoms with E-state index in [0.717, 1.165) is 25.7 Å². The predicted molar refractivity (Wildman–Crippen MR) is 47.2 cm³/mol. The fraction of sp³-hybridized carbons (Fsp3) is 1.00. The summed E-state index contributed by atoms with van der Waals surface area (Å²) in [6.07, 6.45) is 4.45. The van der Waals surface area contributed by atoms with E-state index in [9.17, 15) is 8.42 Å². The van der Waals surface area contributed by atoms with Crippen LogP contribution in [0.25, 0.3) is 0 Å². The van der Waals surface area contributed by atoms with E-state index in [2.05, 4.69) is 4.72 Å². The maximum atomic E-state index is 11.6. The average Bonchev–Trinajstić information content (AvgIpc) is 2.78. The molecule has 2 aliphatic rings. The zero-order valence-electron chi connectivity index (χ0n) is 7.29. The summed E-state index contributed by atoms with van der Waals surface area (Å²) in [4.78, 5) is 0. The molecule has 0 aromatic rings. The van der Waals surface area contributed by atoms with Gasteiger partial charge in [0.1, 0.15) is 0 Å². The molecule has 2 rings (SSSR count). The van der Waals surface area contributed by atoms with E-state index < -0.39 is 10.0 Å². The molecule has 0 atom stereocenters. The van der Waals surface area contributed by atoms with Crippen molar-refractivity contribution in [3.63, 3.8) is 0 Å². The van der Waals surface area contributed by atoms with Crippen LogP contribution in [0.5, 0.6) is 0 Å². The quantitative estimate of drug-likeness (QED) is 0.708. The van der Waals surface area contributed by atoms with Crippen LogP contribution < -0.4 is 4.72 Å². The van der Waals surface area contributed by atoms with E-state index in [1.165, 1.54) is 7.05 Å². The predicted octanol–water partition coefficient (Wildman–Crippen LogP) is 0.724. The third-order valence-electron chi connectivity index (χ3n) is 2.82. The SMILES string of the molecule is CNS(=O)(=O)C(C1CC1)C1CC1. The molecular weight excluding hydrogens is 174 g/mol. The Morgan fingerprint density at radius 3 is 1.83 bits per heavy atom. The van der Waals surface area contributed by atoms with Crippen LogP contribution in [-0.4, -0.2) is 20.7 Å². The number of nitrogens with one attached hydrogen (secondary N) is 1. The van der Waals surface area contributed by atoms with Gasteiger partial charge in [-0.05, 0) is 44.6 Å².